The van der Waals surface area contributed by atoms with E-state index < -0.39 is 0 Å². The molecule has 0 radical (unpaired) electrons. The minimum absolute atomic E-state index is 0.146. The van der Waals surface area contributed by atoms with E-state index in [4.69, 9.17) is 16.3 Å². The molecule has 0 bridgehead atoms. The van der Waals surface area contributed by atoms with Crippen molar-refractivity contribution in [2.75, 3.05) is 7.11 Å². The van der Waals surface area contributed by atoms with Crippen molar-refractivity contribution in [2.24, 2.45) is 0 Å². The molecule has 3 heteroatoms. The normalized spacial score (nSPS) is 14.3. The lowest BCUT2D eigenvalue weighted by Crippen LogP contribution is -1.90. The molecule has 1 aliphatic carbocycles. The first-order valence-electron chi connectivity index (χ1n) is 4.31. The molecule has 0 unspecified atom stereocenters. The number of aromatic hydroxyl groups is 1. The smallest absolute Gasteiger partial charge is 0.179 e. The van der Waals surface area contributed by atoms with Gasteiger partial charge in [0.15, 0.2) is 11.5 Å². The summed E-state index contributed by atoms with van der Waals surface area (Å²) >= 11 is 6.07. The molecule has 1 aromatic carbocycles. The van der Waals surface area contributed by atoms with Gasteiger partial charge in [-0.25, -0.2) is 0 Å². The molecule has 2 nitrogen and oxygen atoms in total. The zero-order chi connectivity index (χ0) is 9.42. The van der Waals surface area contributed by atoms with Crippen molar-refractivity contribution in [1.82, 2.24) is 0 Å². The molecule has 70 valence electrons. The average molecular weight is 199 g/mol. The number of halogens is 1. The highest BCUT2D eigenvalue weighted by molar-refractivity contribution is 6.33. The summed E-state index contributed by atoms with van der Waals surface area (Å²) < 4.78 is 5.02. The van der Waals surface area contributed by atoms with Gasteiger partial charge < -0.3 is 9.84 Å². The summed E-state index contributed by atoms with van der Waals surface area (Å²) in [6.07, 6.45) is 3.11. The number of aryl methyl sites for hydroxylation is 1. The van der Waals surface area contributed by atoms with Crippen LogP contribution in [-0.4, -0.2) is 12.2 Å². The van der Waals surface area contributed by atoms with E-state index in [2.05, 4.69) is 0 Å². The Balaban J connectivity index is 2.62. The first kappa shape index (κ1) is 8.70. The van der Waals surface area contributed by atoms with Crippen molar-refractivity contribution < 1.29 is 9.84 Å². The summed E-state index contributed by atoms with van der Waals surface area (Å²) in [6, 6.07) is 1.76. The first-order chi connectivity index (χ1) is 6.24. The van der Waals surface area contributed by atoms with Crippen molar-refractivity contribution in [3.63, 3.8) is 0 Å². The Bertz CT molecular complexity index is 344. The van der Waals surface area contributed by atoms with E-state index in [0.29, 0.717) is 10.8 Å². The third kappa shape index (κ3) is 1.25. The molecular formula is C10H11ClO2. The van der Waals surface area contributed by atoms with Gasteiger partial charge in [0.05, 0.1) is 12.1 Å². The third-order valence-corrected chi connectivity index (χ3v) is 2.87. The zero-order valence-corrected chi connectivity index (χ0v) is 8.19. The van der Waals surface area contributed by atoms with Gasteiger partial charge in [0, 0.05) is 0 Å². The quantitative estimate of drug-likeness (QED) is 0.752. The molecular weight excluding hydrogens is 188 g/mol. The summed E-state index contributed by atoms with van der Waals surface area (Å²) in [5.74, 6) is 0.551. The summed E-state index contributed by atoms with van der Waals surface area (Å²) in [7, 11) is 1.52. The third-order valence-electron chi connectivity index (χ3n) is 2.47. The number of hydrogen-bond acceptors (Lipinski definition) is 2. The molecule has 2 rings (SSSR count). The second-order valence-electron chi connectivity index (χ2n) is 3.23. The molecule has 0 amide bonds. The second kappa shape index (κ2) is 3.11. The lowest BCUT2D eigenvalue weighted by Gasteiger charge is -2.09. The number of phenols is 1. The molecule has 1 aromatic rings. The molecule has 13 heavy (non-hydrogen) atoms. The van der Waals surface area contributed by atoms with E-state index in [0.717, 1.165) is 30.4 Å². The molecule has 0 spiro atoms. The van der Waals surface area contributed by atoms with Crippen LogP contribution in [0.3, 0.4) is 0 Å². The molecule has 0 saturated heterocycles. The average Bonchev–Trinajstić information content (AvgIpc) is 2.53. The summed E-state index contributed by atoms with van der Waals surface area (Å²) in [5.41, 5.74) is 2.29. The Morgan fingerprint density at radius 3 is 2.92 bits per heavy atom. The Morgan fingerprint density at radius 1 is 1.46 bits per heavy atom. The van der Waals surface area contributed by atoms with Crippen molar-refractivity contribution in [3.8, 4) is 11.5 Å². The Morgan fingerprint density at radius 2 is 2.23 bits per heavy atom. The molecule has 0 aromatic heterocycles. The van der Waals surface area contributed by atoms with Crippen molar-refractivity contribution >= 4 is 11.6 Å². The fraction of sp³-hybridized carbons (Fsp3) is 0.400. The predicted octanol–water partition coefficient (Wildman–Crippen LogP) is 2.54. The number of methoxy groups -OCH3 is 1. The maximum absolute atomic E-state index is 9.55. The van der Waals surface area contributed by atoms with Crippen LogP contribution >= 0.6 is 11.6 Å². The summed E-state index contributed by atoms with van der Waals surface area (Å²) in [6.45, 7) is 0. The van der Waals surface area contributed by atoms with Crippen molar-refractivity contribution in [3.05, 3.63) is 22.2 Å². The van der Waals surface area contributed by atoms with E-state index >= 15 is 0 Å². The van der Waals surface area contributed by atoms with Crippen LogP contribution in [0.2, 0.25) is 5.02 Å². The summed E-state index contributed by atoms with van der Waals surface area (Å²) in [4.78, 5) is 0. The molecule has 0 atom stereocenters. The van der Waals surface area contributed by atoms with Crippen LogP contribution in [0.5, 0.6) is 11.5 Å². The maximum atomic E-state index is 9.55. The highest BCUT2D eigenvalue weighted by atomic mass is 35.5. The lowest BCUT2D eigenvalue weighted by atomic mass is 10.1. The van der Waals surface area contributed by atoms with Crippen LogP contribution in [0.4, 0.5) is 0 Å². The van der Waals surface area contributed by atoms with Crippen LogP contribution in [-0.2, 0) is 12.8 Å². The molecule has 1 N–H and O–H groups in total. The number of phenolic OH excluding ortho intramolecular Hbond substituents is 1. The van der Waals surface area contributed by atoms with Crippen LogP contribution in [0.15, 0.2) is 6.07 Å². The molecule has 1 aliphatic rings. The highest BCUT2D eigenvalue weighted by Gasteiger charge is 2.20. The second-order valence-corrected chi connectivity index (χ2v) is 3.61. The van der Waals surface area contributed by atoms with E-state index in [9.17, 15) is 5.11 Å². The Hall–Kier alpha value is -0.890. The number of rotatable bonds is 1. The van der Waals surface area contributed by atoms with E-state index in [1.165, 1.54) is 7.11 Å². The largest absolute Gasteiger partial charge is 0.504 e. The van der Waals surface area contributed by atoms with E-state index in [1.807, 2.05) is 0 Å². The standard InChI is InChI=1S/C10H11ClO2/c1-13-10-8(12)5-6-3-2-4-7(6)9(10)11/h5,12H,2-4H2,1H3. The van der Waals surface area contributed by atoms with Gasteiger partial charge >= 0.3 is 0 Å². The number of benzene rings is 1. The fourth-order valence-corrected chi connectivity index (χ4v) is 2.24. The van der Waals surface area contributed by atoms with Crippen LogP contribution in [0.25, 0.3) is 0 Å². The van der Waals surface area contributed by atoms with Gasteiger partial charge in [-0.3, -0.25) is 0 Å². The predicted molar refractivity (Wildman–Crippen MR) is 51.7 cm³/mol. The van der Waals surface area contributed by atoms with Gasteiger partial charge in [0.1, 0.15) is 0 Å². The Kier molecular flexibility index (Phi) is 2.08. The zero-order valence-electron chi connectivity index (χ0n) is 7.43. The monoisotopic (exact) mass is 198 g/mol. The summed E-state index contributed by atoms with van der Waals surface area (Å²) in [5, 5.41) is 10.1. The van der Waals surface area contributed by atoms with Crippen LogP contribution in [0, 0.1) is 0 Å². The Labute approximate surface area is 82.1 Å². The van der Waals surface area contributed by atoms with Gasteiger partial charge in [-0.2, -0.15) is 0 Å². The minimum Gasteiger partial charge on any atom is -0.504 e. The van der Waals surface area contributed by atoms with Gasteiger partial charge in [-0.1, -0.05) is 11.6 Å². The molecule has 0 heterocycles. The molecule has 0 fully saturated rings. The lowest BCUT2D eigenvalue weighted by molar-refractivity contribution is 0.373. The van der Waals surface area contributed by atoms with Gasteiger partial charge in [0.25, 0.3) is 0 Å². The number of hydrogen-bond donors (Lipinski definition) is 1. The highest BCUT2D eigenvalue weighted by Crippen LogP contribution is 2.41. The van der Waals surface area contributed by atoms with E-state index in [-0.39, 0.29) is 5.75 Å². The van der Waals surface area contributed by atoms with E-state index in [1.54, 1.807) is 6.07 Å². The van der Waals surface area contributed by atoms with Gasteiger partial charge in [0.2, 0.25) is 0 Å². The molecule has 0 saturated carbocycles. The number of ether oxygens (including phenoxy) is 1. The SMILES string of the molecule is COc1c(O)cc2c(c1Cl)CCC2. The van der Waals surface area contributed by atoms with Crippen molar-refractivity contribution in [2.45, 2.75) is 19.3 Å². The first-order valence-corrected chi connectivity index (χ1v) is 4.69. The van der Waals surface area contributed by atoms with Crippen LogP contribution < -0.4 is 4.74 Å². The minimum atomic E-state index is 0.146. The molecule has 0 aliphatic heterocycles. The fourth-order valence-electron chi connectivity index (χ4n) is 1.85. The van der Waals surface area contributed by atoms with Gasteiger partial charge in [-0.15, -0.1) is 0 Å². The van der Waals surface area contributed by atoms with Gasteiger partial charge in [-0.05, 0) is 36.5 Å². The topological polar surface area (TPSA) is 29.5 Å². The maximum Gasteiger partial charge on any atom is 0.179 e. The van der Waals surface area contributed by atoms with Crippen LogP contribution in [0.1, 0.15) is 17.5 Å². The van der Waals surface area contributed by atoms with Crippen molar-refractivity contribution in [1.29, 1.82) is 0 Å². The number of fused-ring (bicyclic) bond motifs is 1.